The zero-order valence-corrected chi connectivity index (χ0v) is 10.7. The monoisotopic (exact) mass is 264 g/mol. The van der Waals surface area contributed by atoms with Crippen molar-refractivity contribution in [2.45, 2.75) is 6.92 Å². The van der Waals surface area contributed by atoms with E-state index in [-0.39, 0.29) is 5.97 Å². The summed E-state index contributed by atoms with van der Waals surface area (Å²) in [6.07, 6.45) is 2.99. The molecule has 4 heteroatoms. The summed E-state index contributed by atoms with van der Waals surface area (Å²) >= 11 is 6.27. The lowest BCUT2D eigenvalue weighted by atomic mass is 10.1. The minimum atomic E-state index is -0.381. The van der Waals surface area contributed by atoms with Crippen molar-refractivity contribution in [2.24, 2.45) is 0 Å². The third kappa shape index (κ3) is 2.74. The maximum absolute atomic E-state index is 11.2. The maximum atomic E-state index is 11.2. The lowest BCUT2D eigenvalue weighted by Crippen LogP contribution is -2.08. The van der Waals surface area contributed by atoms with Gasteiger partial charge in [-0.05, 0) is 25.1 Å². The van der Waals surface area contributed by atoms with Crippen LogP contribution in [0.15, 0.2) is 42.0 Å². The molecule has 0 saturated heterocycles. The molecule has 1 aliphatic heterocycles. The summed E-state index contributed by atoms with van der Waals surface area (Å²) in [5, 5.41) is 0.609. The highest BCUT2D eigenvalue weighted by Gasteiger charge is 2.16. The third-order valence-electron chi connectivity index (χ3n) is 2.50. The van der Waals surface area contributed by atoms with Crippen molar-refractivity contribution in [1.82, 2.24) is 0 Å². The van der Waals surface area contributed by atoms with Gasteiger partial charge in [0.25, 0.3) is 0 Å². The van der Waals surface area contributed by atoms with Gasteiger partial charge in [0, 0.05) is 17.2 Å². The Kier molecular flexibility index (Phi) is 4.05. The number of halogens is 1. The molecule has 1 aromatic carbocycles. The number of fused-ring (bicyclic) bond motifs is 1. The molecule has 1 heterocycles. The van der Waals surface area contributed by atoms with Crippen LogP contribution in [-0.4, -0.2) is 19.2 Å². The van der Waals surface area contributed by atoms with E-state index in [1.807, 2.05) is 24.3 Å². The summed E-state index contributed by atoms with van der Waals surface area (Å²) in [7, 11) is 0. The summed E-state index contributed by atoms with van der Waals surface area (Å²) in [5.41, 5.74) is 1.61. The normalized spacial score (nSPS) is 14.3. The van der Waals surface area contributed by atoms with Crippen LogP contribution in [0.25, 0.3) is 5.03 Å². The van der Waals surface area contributed by atoms with Crippen LogP contribution in [0.3, 0.4) is 0 Å². The van der Waals surface area contributed by atoms with Crippen LogP contribution in [0.2, 0.25) is 0 Å². The van der Waals surface area contributed by atoms with Crippen molar-refractivity contribution in [3.63, 3.8) is 0 Å². The summed E-state index contributed by atoms with van der Waals surface area (Å²) in [6, 6.07) is 7.53. The van der Waals surface area contributed by atoms with Crippen molar-refractivity contribution >= 4 is 22.6 Å². The van der Waals surface area contributed by atoms with Crippen LogP contribution in [0, 0.1) is 0 Å². The van der Waals surface area contributed by atoms with Crippen LogP contribution >= 0.6 is 11.6 Å². The van der Waals surface area contributed by atoms with E-state index in [1.165, 1.54) is 6.08 Å². The largest absolute Gasteiger partial charge is 0.488 e. The second kappa shape index (κ2) is 5.74. The van der Waals surface area contributed by atoms with E-state index in [9.17, 15) is 4.79 Å². The molecule has 0 aliphatic carbocycles. The van der Waals surface area contributed by atoms with Crippen molar-refractivity contribution in [2.75, 3.05) is 13.2 Å². The third-order valence-corrected chi connectivity index (χ3v) is 2.94. The first-order chi connectivity index (χ1) is 8.72. The van der Waals surface area contributed by atoms with Gasteiger partial charge in [-0.3, -0.25) is 0 Å². The highest BCUT2D eigenvalue weighted by Crippen LogP contribution is 2.35. The number of ether oxygens (including phenoxy) is 2. The maximum Gasteiger partial charge on any atom is 0.330 e. The Bertz CT molecular complexity index is 518. The summed E-state index contributed by atoms with van der Waals surface area (Å²) in [4.78, 5) is 11.2. The fourth-order valence-corrected chi connectivity index (χ4v) is 1.92. The summed E-state index contributed by atoms with van der Waals surface area (Å²) < 4.78 is 10.4. The van der Waals surface area contributed by atoms with Gasteiger partial charge < -0.3 is 9.47 Å². The molecule has 0 amide bonds. The molecule has 1 aliphatic rings. The van der Waals surface area contributed by atoms with E-state index >= 15 is 0 Å². The Hall–Kier alpha value is -1.74. The number of benzene rings is 1. The van der Waals surface area contributed by atoms with E-state index in [4.69, 9.17) is 21.1 Å². The molecular formula is C14H13ClO3. The molecule has 3 nitrogen and oxygen atoms in total. The van der Waals surface area contributed by atoms with Gasteiger partial charge in [0.05, 0.1) is 11.6 Å². The van der Waals surface area contributed by atoms with E-state index in [1.54, 1.807) is 13.0 Å². The van der Waals surface area contributed by atoms with Gasteiger partial charge in [-0.2, -0.15) is 0 Å². The van der Waals surface area contributed by atoms with Gasteiger partial charge in [-0.1, -0.05) is 23.7 Å². The average Bonchev–Trinajstić information content (AvgIpc) is 2.39. The predicted octanol–water partition coefficient (Wildman–Crippen LogP) is 3.15. The molecule has 0 N–H and O–H groups in total. The number of hydrogen-bond acceptors (Lipinski definition) is 3. The molecule has 0 aromatic heterocycles. The minimum absolute atomic E-state index is 0.353. The summed E-state index contributed by atoms with van der Waals surface area (Å²) in [5.74, 6) is 0.379. The van der Waals surface area contributed by atoms with Crippen molar-refractivity contribution in [3.05, 3.63) is 47.6 Å². The Morgan fingerprint density at radius 3 is 3.06 bits per heavy atom. The molecule has 0 radical (unpaired) electrons. The molecule has 2 rings (SSSR count). The number of carbonyl (C=O) groups excluding carboxylic acids is 1. The molecule has 1 aromatic rings. The van der Waals surface area contributed by atoms with Crippen molar-refractivity contribution < 1.29 is 14.3 Å². The molecule has 94 valence electrons. The first-order valence-corrected chi connectivity index (χ1v) is 6.06. The SMILES string of the molecule is CCOC(=O)/C=C/C1=C(Cl)c2ccccc2OC1. The Labute approximate surface area is 111 Å². The Morgan fingerprint density at radius 2 is 2.28 bits per heavy atom. The topological polar surface area (TPSA) is 35.5 Å². The van der Waals surface area contributed by atoms with Gasteiger partial charge in [0.15, 0.2) is 0 Å². The second-order valence-corrected chi connectivity index (χ2v) is 4.09. The number of esters is 1. The first-order valence-electron chi connectivity index (χ1n) is 5.68. The number of hydrogen-bond donors (Lipinski definition) is 0. The molecule has 18 heavy (non-hydrogen) atoms. The number of carbonyl (C=O) groups is 1. The first kappa shape index (κ1) is 12.7. The van der Waals surface area contributed by atoms with Crippen LogP contribution in [0.4, 0.5) is 0 Å². The lowest BCUT2D eigenvalue weighted by Gasteiger charge is -2.18. The average molecular weight is 265 g/mol. The zero-order chi connectivity index (χ0) is 13.0. The Morgan fingerprint density at radius 1 is 1.50 bits per heavy atom. The number of para-hydroxylation sites is 1. The smallest absolute Gasteiger partial charge is 0.330 e. The second-order valence-electron chi connectivity index (χ2n) is 3.71. The molecule has 0 atom stereocenters. The standard InChI is InChI=1S/C14H13ClO3/c1-2-17-13(16)8-7-10-9-18-12-6-4-3-5-11(12)14(10)15/h3-8H,2,9H2,1H3/b8-7+. The fourth-order valence-electron chi connectivity index (χ4n) is 1.65. The summed E-state index contributed by atoms with van der Waals surface area (Å²) in [6.45, 7) is 2.47. The van der Waals surface area contributed by atoms with Crippen LogP contribution < -0.4 is 4.74 Å². The number of rotatable bonds is 3. The van der Waals surface area contributed by atoms with Gasteiger partial charge >= 0.3 is 5.97 Å². The quantitative estimate of drug-likeness (QED) is 0.621. The van der Waals surface area contributed by atoms with E-state index in [0.29, 0.717) is 18.2 Å². The van der Waals surface area contributed by atoms with Crippen molar-refractivity contribution in [1.29, 1.82) is 0 Å². The van der Waals surface area contributed by atoms with Crippen LogP contribution in [0.5, 0.6) is 5.75 Å². The van der Waals surface area contributed by atoms with E-state index in [2.05, 4.69) is 0 Å². The predicted molar refractivity (Wildman–Crippen MR) is 70.5 cm³/mol. The minimum Gasteiger partial charge on any atom is -0.488 e. The van der Waals surface area contributed by atoms with E-state index < -0.39 is 0 Å². The zero-order valence-electron chi connectivity index (χ0n) is 9.98. The van der Waals surface area contributed by atoms with Crippen molar-refractivity contribution in [3.8, 4) is 5.75 Å². The molecule has 0 fully saturated rings. The van der Waals surface area contributed by atoms with E-state index in [0.717, 1.165) is 16.9 Å². The lowest BCUT2D eigenvalue weighted by molar-refractivity contribution is -0.137. The fraction of sp³-hybridized carbons (Fsp3) is 0.214. The van der Waals surface area contributed by atoms with Gasteiger partial charge in [-0.15, -0.1) is 0 Å². The Balaban J connectivity index is 2.22. The molecular weight excluding hydrogens is 252 g/mol. The van der Waals surface area contributed by atoms with Crippen LogP contribution in [0.1, 0.15) is 12.5 Å². The van der Waals surface area contributed by atoms with Gasteiger partial charge in [-0.25, -0.2) is 4.79 Å². The molecule has 0 unspecified atom stereocenters. The van der Waals surface area contributed by atoms with Gasteiger partial charge in [0.1, 0.15) is 12.4 Å². The van der Waals surface area contributed by atoms with Gasteiger partial charge in [0.2, 0.25) is 0 Å². The molecule has 0 bridgehead atoms. The molecule has 0 saturated carbocycles. The highest BCUT2D eigenvalue weighted by atomic mass is 35.5. The highest BCUT2D eigenvalue weighted by molar-refractivity contribution is 6.50. The molecule has 0 spiro atoms. The van der Waals surface area contributed by atoms with Crippen LogP contribution in [-0.2, 0) is 9.53 Å².